The summed E-state index contributed by atoms with van der Waals surface area (Å²) in [6.07, 6.45) is 3.84. The Labute approximate surface area is 110 Å². The highest BCUT2D eigenvalue weighted by molar-refractivity contribution is 5.40. The normalized spacial score (nSPS) is 26.4. The molecule has 1 aromatic rings. The van der Waals surface area contributed by atoms with Crippen LogP contribution in [0.25, 0.3) is 0 Å². The van der Waals surface area contributed by atoms with Crippen molar-refractivity contribution in [2.75, 3.05) is 26.7 Å². The highest BCUT2D eigenvalue weighted by Gasteiger charge is 2.32. The number of piperidine rings is 1. The van der Waals surface area contributed by atoms with Gasteiger partial charge in [0, 0.05) is 18.0 Å². The first kappa shape index (κ1) is 12.2. The minimum atomic E-state index is 0.369. The van der Waals surface area contributed by atoms with Gasteiger partial charge in [0.15, 0.2) is 0 Å². The van der Waals surface area contributed by atoms with Crippen LogP contribution in [0.5, 0.6) is 0 Å². The smallest absolute Gasteiger partial charge is 0.0174 e. The van der Waals surface area contributed by atoms with E-state index in [0.717, 1.165) is 5.92 Å². The predicted octanol–water partition coefficient (Wildman–Crippen LogP) is 2.40. The molecule has 1 aromatic carbocycles. The number of fused-ring (bicyclic) bond motifs is 1. The fourth-order valence-corrected chi connectivity index (χ4v) is 3.32. The maximum Gasteiger partial charge on any atom is 0.0174 e. The van der Waals surface area contributed by atoms with Gasteiger partial charge in [-0.3, -0.25) is 0 Å². The molecule has 18 heavy (non-hydrogen) atoms. The van der Waals surface area contributed by atoms with Gasteiger partial charge in [-0.05, 0) is 57.5 Å². The summed E-state index contributed by atoms with van der Waals surface area (Å²) >= 11 is 0. The van der Waals surface area contributed by atoms with E-state index in [2.05, 4.69) is 48.5 Å². The van der Waals surface area contributed by atoms with Crippen molar-refractivity contribution in [2.45, 2.75) is 37.6 Å². The molecule has 1 aliphatic heterocycles. The highest BCUT2D eigenvalue weighted by Crippen LogP contribution is 2.36. The number of benzene rings is 1. The van der Waals surface area contributed by atoms with E-state index in [1.807, 2.05) is 0 Å². The third-order valence-electron chi connectivity index (χ3n) is 5.00. The van der Waals surface area contributed by atoms with Crippen LogP contribution in [0.4, 0.5) is 0 Å². The molecule has 2 heteroatoms. The number of hydrogen-bond acceptors (Lipinski definition) is 2. The van der Waals surface area contributed by atoms with Crippen LogP contribution in [-0.4, -0.2) is 37.1 Å². The Morgan fingerprint density at radius 3 is 2.67 bits per heavy atom. The van der Waals surface area contributed by atoms with Crippen molar-refractivity contribution in [1.29, 1.82) is 0 Å². The lowest BCUT2D eigenvalue weighted by atomic mass is 9.77. The van der Waals surface area contributed by atoms with Crippen molar-refractivity contribution in [3.8, 4) is 0 Å². The lowest BCUT2D eigenvalue weighted by molar-refractivity contribution is 0.142. The second-order valence-electron chi connectivity index (χ2n) is 6.21. The maximum absolute atomic E-state index is 3.47. The van der Waals surface area contributed by atoms with Crippen LogP contribution in [0.3, 0.4) is 0 Å². The van der Waals surface area contributed by atoms with E-state index in [9.17, 15) is 0 Å². The van der Waals surface area contributed by atoms with E-state index >= 15 is 0 Å². The van der Waals surface area contributed by atoms with Crippen LogP contribution in [-0.2, 0) is 6.42 Å². The summed E-state index contributed by atoms with van der Waals surface area (Å²) in [5.41, 5.74) is 3.53. The molecule has 0 bridgehead atoms. The minimum absolute atomic E-state index is 0.369. The van der Waals surface area contributed by atoms with Gasteiger partial charge >= 0.3 is 0 Å². The Hall–Kier alpha value is -0.860. The maximum atomic E-state index is 3.47. The summed E-state index contributed by atoms with van der Waals surface area (Å²) in [5.74, 6) is 0.792. The molecule has 3 rings (SSSR count). The van der Waals surface area contributed by atoms with E-state index in [1.165, 1.54) is 38.9 Å². The van der Waals surface area contributed by atoms with Gasteiger partial charge in [-0.1, -0.05) is 24.3 Å². The zero-order valence-electron chi connectivity index (χ0n) is 11.6. The number of nitrogens with one attached hydrogen (secondary N) is 1. The molecule has 1 unspecified atom stereocenters. The standard InChI is InChI=1S/C16H24N2/c1-16(17-2)7-9-18(10-8-16)12-14-11-13-5-3-4-6-15(13)14/h3-6,14,17H,7-12H2,1-2H3. The van der Waals surface area contributed by atoms with E-state index in [1.54, 1.807) is 11.1 Å². The second kappa shape index (κ2) is 4.67. The summed E-state index contributed by atoms with van der Waals surface area (Å²) in [4.78, 5) is 2.65. The third kappa shape index (κ3) is 2.19. The molecule has 1 N–H and O–H groups in total. The zero-order valence-corrected chi connectivity index (χ0v) is 11.6. The second-order valence-corrected chi connectivity index (χ2v) is 6.21. The molecule has 0 saturated carbocycles. The summed E-state index contributed by atoms with van der Waals surface area (Å²) in [6.45, 7) is 6.10. The molecule has 1 fully saturated rings. The molecule has 2 aliphatic rings. The van der Waals surface area contributed by atoms with Crippen LogP contribution >= 0.6 is 0 Å². The Kier molecular flexibility index (Phi) is 3.16. The Morgan fingerprint density at radius 2 is 2.00 bits per heavy atom. The molecular weight excluding hydrogens is 220 g/mol. The Morgan fingerprint density at radius 1 is 1.28 bits per heavy atom. The number of rotatable bonds is 3. The zero-order chi connectivity index (χ0) is 12.6. The Balaban J connectivity index is 1.55. The lowest BCUT2D eigenvalue weighted by Gasteiger charge is -2.42. The van der Waals surface area contributed by atoms with Gasteiger partial charge in [-0.15, -0.1) is 0 Å². The van der Waals surface area contributed by atoms with Crippen LogP contribution in [0.15, 0.2) is 24.3 Å². The largest absolute Gasteiger partial charge is 0.314 e. The number of likely N-dealkylation sites (tertiary alicyclic amines) is 1. The monoisotopic (exact) mass is 244 g/mol. The van der Waals surface area contributed by atoms with E-state index < -0.39 is 0 Å². The summed E-state index contributed by atoms with van der Waals surface area (Å²) < 4.78 is 0. The van der Waals surface area contributed by atoms with E-state index in [-0.39, 0.29) is 0 Å². The molecule has 1 heterocycles. The molecule has 0 spiro atoms. The molecule has 0 amide bonds. The number of hydrogen-bond donors (Lipinski definition) is 1. The minimum Gasteiger partial charge on any atom is -0.314 e. The van der Waals surface area contributed by atoms with Gasteiger partial charge in [0.05, 0.1) is 0 Å². The number of nitrogens with zero attached hydrogens (tertiary/aromatic N) is 1. The molecular formula is C16H24N2. The highest BCUT2D eigenvalue weighted by atomic mass is 15.2. The predicted molar refractivity (Wildman–Crippen MR) is 76.0 cm³/mol. The van der Waals surface area contributed by atoms with Crippen molar-refractivity contribution >= 4 is 0 Å². The average Bonchev–Trinajstić information content (AvgIpc) is 2.38. The lowest BCUT2D eigenvalue weighted by Crippen LogP contribution is -2.51. The van der Waals surface area contributed by atoms with Gasteiger partial charge in [0.1, 0.15) is 0 Å². The first-order chi connectivity index (χ1) is 8.70. The first-order valence-corrected chi connectivity index (χ1v) is 7.19. The summed E-state index contributed by atoms with van der Waals surface area (Å²) in [6, 6.07) is 8.93. The molecule has 0 aromatic heterocycles. The van der Waals surface area contributed by atoms with Crippen LogP contribution < -0.4 is 5.32 Å². The molecule has 0 radical (unpaired) electrons. The fourth-order valence-electron chi connectivity index (χ4n) is 3.32. The van der Waals surface area contributed by atoms with E-state index in [4.69, 9.17) is 0 Å². The van der Waals surface area contributed by atoms with Gasteiger partial charge in [0.25, 0.3) is 0 Å². The first-order valence-electron chi connectivity index (χ1n) is 7.19. The van der Waals surface area contributed by atoms with Crippen molar-refractivity contribution in [2.24, 2.45) is 0 Å². The van der Waals surface area contributed by atoms with Crippen LogP contribution in [0.1, 0.15) is 36.8 Å². The van der Waals surface area contributed by atoms with Crippen LogP contribution in [0.2, 0.25) is 0 Å². The average molecular weight is 244 g/mol. The van der Waals surface area contributed by atoms with Gasteiger partial charge in [-0.2, -0.15) is 0 Å². The van der Waals surface area contributed by atoms with Gasteiger partial charge in [0.2, 0.25) is 0 Å². The van der Waals surface area contributed by atoms with Gasteiger partial charge in [-0.25, -0.2) is 0 Å². The SMILES string of the molecule is CNC1(C)CCN(CC2Cc3ccccc32)CC1. The van der Waals surface area contributed by atoms with Crippen molar-refractivity contribution in [1.82, 2.24) is 10.2 Å². The topological polar surface area (TPSA) is 15.3 Å². The molecule has 1 aliphatic carbocycles. The van der Waals surface area contributed by atoms with Crippen molar-refractivity contribution in [3.05, 3.63) is 35.4 Å². The molecule has 1 atom stereocenters. The summed E-state index contributed by atoms with van der Waals surface area (Å²) in [7, 11) is 2.10. The molecule has 2 nitrogen and oxygen atoms in total. The summed E-state index contributed by atoms with van der Waals surface area (Å²) in [5, 5.41) is 3.47. The van der Waals surface area contributed by atoms with E-state index in [0.29, 0.717) is 5.54 Å². The Bertz CT molecular complexity index is 419. The van der Waals surface area contributed by atoms with Crippen LogP contribution in [0, 0.1) is 0 Å². The van der Waals surface area contributed by atoms with Crippen molar-refractivity contribution in [3.63, 3.8) is 0 Å². The van der Waals surface area contributed by atoms with Crippen molar-refractivity contribution < 1.29 is 0 Å². The fraction of sp³-hybridized carbons (Fsp3) is 0.625. The molecule has 98 valence electrons. The molecule has 1 saturated heterocycles. The van der Waals surface area contributed by atoms with Gasteiger partial charge < -0.3 is 10.2 Å². The third-order valence-corrected chi connectivity index (χ3v) is 5.00. The quantitative estimate of drug-likeness (QED) is 0.878.